The largest absolute Gasteiger partial charge is 0.405 e. The number of hydrogen-bond donors (Lipinski definition) is 0. The van der Waals surface area contributed by atoms with Gasteiger partial charge in [-0.25, -0.2) is 19.9 Å². The molecule has 4 atom stereocenters. The van der Waals surface area contributed by atoms with Crippen LogP contribution in [0.5, 0.6) is 0 Å². The number of halogens is 6. The Morgan fingerprint density at radius 1 is 0.492 bits per heavy atom. The van der Waals surface area contributed by atoms with E-state index < -0.39 is 48.2 Å². The Labute approximate surface area is 381 Å². The third kappa shape index (κ3) is 12.7. The molecule has 0 fully saturated rings. The minimum atomic E-state index is -4.71. The molecular weight excluding hydrogens is 835 g/mol. The van der Waals surface area contributed by atoms with E-state index in [0.29, 0.717) is 35.1 Å². The van der Waals surface area contributed by atoms with Gasteiger partial charge in [0.05, 0.1) is 0 Å². The van der Waals surface area contributed by atoms with Gasteiger partial charge in [0.25, 0.3) is 0 Å². The number of aryl methyl sites for hydroxylation is 2. The molecule has 5 nitrogen and oxygen atoms in total. The van der Waals surface area contributed by atoms with Crippen LogP contribution in [-0.4, -0.2) is 32.3 Å². The zero-order valence-corrected chi connectivity index (χ0v) is 37.9. The van der Waals surface area contributed by atoms with Crippen LogP contribution in [0.4, 0.5) is 26.3 Å². The lowest BCUT2D eigenvalue weighted by Gasteiger charge is -2.36. The molecular formula is C54H64F6N4O. The molecule has 0 bridgehead atoms. The summed E-state index contributed by atoms with van der Waals surface area (Å²) in [7, 11) is 0. The van der Waals surface area contributed by atoms with Crippen molar-refractivity contribution in [1.82, 2.24) is 19.9 Å². The summed E-state index contributed by atoms with van der Waals surface area (Å²) in [5, 5.41) is 0. The van der Waals surface area contributed by atoms with Crippen molar-refractivity contribution in [2.45, 2.75) is 165 Å². The minimum absolute atomic E-state index is 0.323. The van der Waals surface area contributed by atoms with E-state index in [1.807, 2.05) is 60.7 Å². The van der Waals surface area contributed by atoms with Gasteiger partial charge in [0.2, 0.25) is 0 Å². The molecule has 0 radical (unpaired) electrons. The fraction of sp³-hybridized carbons (Fsp3) is 0.481. The summed E-state index contributed by atoms with van der Waals surface area (Å²) < 4.78 is 98.0. The standard InChI is InChI=1S/C54H64F6N4O/c1-3-5-7-9-11-13-17-23-41-37-61-49(62-38-41)51(53(55,56)57)33-29-45(30-34-51)47(43-25-19-15-20-26-43)65-48(44-27-21-16-22-28-44)46-31-35-52(36-32-46,54(58,59)60)50-63-39-42(40-64-50)24-18-14-12-10-8-6-4-2/h15-16,19-22,25-33,35,37-40,47-48H,3-14,17-18,23-24,34,36H2,1-2H3. The fourth-order valence-electron chi connectivity index (χ4n) is 8.79. The number of rotatable bonds is 24. The number of allylic oxidation sites excluding steroid dienone is 4. The Hall–Kier alpha value is -4.90. The lowest BCUT2D eigenvalue weighted by molar-refractivity contribution is -0.178. The maximum absolute atomic E-state index is 15.2. The van der Waals surface area contributed by atoms with Gasteiger partial charge in [0, 0.05) is 24.8 Å². The van der Waals surface area contributed by atoms with Crippen LogP contribution in [0.25, 0.3) is 0 Å². The van der Waals surface area contributed by atoms with E-state index in [1.165, 1.54) is 100 Å². The summed E-state index contributed by atoms with van der Waals surface area (Å²) in [5.41, 5.74) is -1.02. The van der Waals surface area contributed by atoms with Crippen LogP contribution in [0.1, 0.15) is 163 Å². The monoisotopic (exact) mass is 898 g/mol. The van der Waals surface area contributed by atoms with Crippen molar-refractivity contribution in [2.24, 2.45) is 0 Å². The number of hydrogen-bond acceptors (Lipinski definition) is 5. The molecule has 0 saturated heterocycles. The molecule has 2 heterocycles. The Kier molecular flexibility index (Phi) is 17.9. The summed E-state index contributed by atoms with van der Waals surface area (Å²) >= 11 is 0. The first-order valence-electron chi connectivity index (χ1n) is 23.7. The molecule has 2 aliphatic carbocycles. The van der Waals surface area contributed by atoms with Crippen molar-refractivity contribution in [2.75, 3.05) is 0 Å². The van der Waals surface area contributed by atoms with E-state index in [2.05, 4.69) is 33.8 Å². The molecule has 0 amide bonds. The van der Waals surface area contributed by atoms with Crippen molar-refractivity contribution in [3.8, 4) is 0 Å². The number of nitrogens with zero attached hydrogens (tertiary/aromatic N) is 4. The van der Waals surface area contributed by atoms with E-state index in [4.69, 9.17) is 4.74 Å². The zero-order valence-electron chi connectivity index (χ0n) is 37.9. The fourth-order valence-corrected chi connectivity index (χ4v) is 8.79. The normalized spacial score (nSPS) is 19.8. The summed E-state index contributed by atoms with van der Waals surface area (Å²) in [4.78, 5) is 17.2. The lowest BCUT2D eigenvalue weighted by Crippen LogP contribution is -2.43. The molecule has 0 aliphatic heterocycles. The van der Waals surface area contributed by atoms with Crippen LogP contribution in [0.15, 0.2) is 133 Å². The SMILES string of the molecule is CCCCCCCCCc1cnc(C2(C(F)(F)F)C=CC(C(OC(C3=CCC(c4ncc(CCCCCCCCC)cn4)(C(F)(F)F)C=C3)c3ccccc3)c3ccccc3)=CC2)nc1. The van der Waals surface area contributed by atoms with Crippen LogP contribution >= 0.6 is 0 Å². The molecule has 0 spiro atoms. The molecule has 6 rings (SSSR count). The Balaban J connectivity index is 1.22. The van der Waals surface area contributed by atoms with Crippen LogP contribution in [-0.2, 0) is 28.4 Å². The first-order chi connectivity index (χ1) is 31.4. The first kappa shape index (κ1) is 49.5. The molecule has 4 unspecified atom stereocenters. The predicted molar refractivity (Wildman–Crippen MR) is 246 cm³/mol. The van der Waals surface area contributed by atoms with E-state index >= 15 is 26.3 Å². The number of alkyl halides is 6. The van der Waals surface area contributed by atoms with E-state index in [9.17, 15) is 0 Å². The van der Waals surface area contributed by atoms with Crippen molar-refractivity contribution in [1.29, 1.82) is 0 Å². The Morgan fingerprint density at radius 2 is 0.831 bits per heavy atom. The summed E-state index contributed by atoms with van der Waals surface area (Å²) in [6.45, 7) is 4.36. The van der Waals surface area contributed by atoms with E-state index in [1.54, 1.807) is 0 Å². The first-order valence-corrected chi connectivity index (χ1v) is 23.7. The summed E-state index contributed by atoms with van der Waals surface area (Å²) in [6, 6.07) is 18.2. The lowest BCUT2D eigenvalue weighted by atomic mass is 9.76. The number of benzene rings is 2. The van der Waals surface area contributed by atoms with Crippen LogP contribution < -0.4 is 0 Å². The van der Waals surface area contributed by atoms with Crippen molar-refractivity contribution < 1.29 is 31.1 Å². The van der Waals surface area contributed by atoms with Gasteiger partial charge in [0.15, 0.2) is 0 Å². The smallest absolute Gasteiger partial charge is 0.356 e. The Morgan fingerprint density at radius 3 is 1.14 bits per heavy atom. The highest BCUT2D eigenvalue weighted by Crippen LogP contribution is 2.50. The van der Waals surface area contributed by atoms with Gasteiger partial charge in [-0.1, -0.05) is 188 Å². The molecule has 4 aromatic rings. The third-order valence-corrected chi connectivity index (χ3v) is 12.9. The summed E-state index contributed by atoms with van der Waals surface area (Å²) in [5.74, 6) is -0.645. The van der Waals surface area contributed by atoms with Crippen molar-refractivity contribution >= 4 is 0 Å². The molecule has 2 aromatic carbocycles. The van der Waals surface area contributed by atoms with Gasteiger partial charge in [-0.05, 0) is 71.9 Å². The van der Waals surface area contributed by atoms with Gasteiger partial charge in [0.1, 0.15) is 34.7 Å². The van der Waals surface area contributed by atoms with Crippen LogP contribution in [0.3, 0.4) is 0 Å². The second-order valence-corrected chi connectivity index (χ2v) is 17.7. The number of ether oxygens (including phenoxy) is 1. The number of unbranched alkanes of at least 4 members (excludes halogenated alkanes) is 12. The van der Waals surface area contributed by atoms with Crippen molar-refractivity contribution in [3.05, 3.63) is 167 Å². The number of aromatic nitrogens is 4. The van der Waals surface area contributed by atoms with Crippen LogP contribution in [0, 0.1) is 0 Å². The zero-order chi connectivity index (χ0) is 46.2. The third-order valence-electron chi connectivity index (χ3n) is 12.9. The quantitative estimate of drug-likeness (QED) is 0.0518. The highest BCUT2D eigenvalue weighted by atomic mass is 19.4. The maximum atomic E-state index is 15.2. The second kappa shape index (κ2) is 23.5. The van der Waals surface area contributed by atoms with E-state index in [-0.39, 0.29) is 11.6 Å². The predicted octanol–water partition coefficient (Wildman–Crippen LogP) is 15.4. The van der Waals surface area contributed by atoms with Crippen LogP contribution in [0.2, 0.25) is 0 Å². The molecule has 11 heteroatoms. The van der Waals surface area contributed by atoms with Gasteiger partial charge < -0.3 is 4.74 Å². The molecule has 2 aliphatic rings. The van der Waals surface area contributed by atoms with Gasteiger partial charge in [-0.2, -0.15) is 26.3 Å². The highest BCUT2D eigenvalue weighted by molar-refractivity contribution is 5.44. The molecule has 0 saturated carbocycles. The summed E-state index contributed by atoms with van der Waals surface area (Å²) in [6.07, 6.45) is 19.4. The van der Waals surface area contributed by atoms with Gasteiger partial charge in [-0.3, -0.25) is 0 Å². The molecule has 65 heavy (non-hydrogen) atoms. The average molecular weight is 899 g/mol. The second-order valence-electron chi connectivity index (χ2n) is 17.7. The van der Waals surface area contributed by atoms with Crippen molar-refractivity contribution in [3.63, 3.8) is 0 Å². The molecule has 0 N–H and O–H groups in total. The van der Waals surface area contributed by atoms with E-state index in [0.717, 1.165) is 61.8 Å². The topological polar surface area (TPSA) is 60.8 Å². The van der Waals surface area contributed by atoms with Gasteiger partial charge in [-0.15, -0.1) is 0 Å². The Bertz CT molecular complexity index is 2010. The molecule has 348 valence electrons. The average Bonchev–Trinajstić information content (AvgIpc) is 3.32. The van der Waals surface area contributed by atoms with Gasteiger partial charge >= 0.3 is 12.4 Å². The molecule has 2 aromatic heterocycles. The maximum Gasteiger partial charge on any atom is 0.405 e. The highest BCUT2D eigenvalue weighted by Gasteiger charge is 2.58. The minimum Gasteiger partial charge on any atom is -0.356 e.